The maximum Gasteiger partial charge on any atom is 0.235 e. The molecule has 2 aromatic carbocycles. The van der Waals surface area contributed by atoms with E-state index < -0.39 is 5.43 Å². The van der Waals surface area contributed by atoms with Gasteiger partial charge in [-0.05, 0) is 18.2 Å². The van der Waals surface area contributed by atoms with Gasteiger partial charge in [-0.2, -0.15) is 0 Å². The first-order valence-electron chi connectivity index (χ1n) is 8.21. The van der Waals surface area contributed by atoms with Crippen molar-refractivity contribution in [2.24, 2.45) is 0 Å². The molecule has 148 valence electrons. The Morgan fingerprint density at radius 2 is 1.39 bits per heavy atom. The van der Waals surface area contributed by atoms with Crippen molar-refractivity contribution in [3.8, 4) is 45.8 Å². The van der Waals surface area contributed by atoms with Crippen LogP contribution in [0.3, 0.4) is 0 Å². The monoisotopic (exact) mass is 388 g/mol. The van der Waals surface area contributed by atoms with Crippen molar-refractivity contribution in [3.05, 3.63) is 34.5 Å². The number of fused-ring (bicyclic) bond motifs is 1. The standard InChI is InChI=1S/C20H20O8/c1-23-13-7-6-10-16(22)20(27-5)18(28-17(10)19(13)26-4)11-8-14(24-2)15(25-3)9-12(11)21/h6-9,21H,1-5H3. The molecule has 3 rings (SSSR count). The van der Waals surface area contributed by atoms with Crippen molar-refractivity contribution in [2.45, 2.75) is 0 Å². The Bertz CT molecular complexity index is 1080. The van der Waals surface area contributed by atoms with Crippen molar-refractivity contribution < 1.29 is 33.2 Å². The van der Waals surface area contributed by atoms with Crippen molar-refractivity contribution >= 4 is 11.0 Å². The largest absolute Gasteiger partial charge is 0.507 e. The van der Waals surface area contributed by atoms with Crippen LogP contribution >= 0.6 is 0 Å². The van der Waals surface area contributed by atoms with E-state index in [2.05, 4.69) is 0 Å². The van der Waals surface area contributed by atoms with E-state index in [9.17, 15) is 9.90 Å². The Morgan fingerprint density at radius 3 is 1.96 bits per heavy atom. The topological polar surface area (TPSA) is 96.6 Å². The predicted molar refractivity (Wildman–Crippen MR) is 102 cm³/mol. The summed E-state index contributed by atoms with van der Waals surface area (Å²) >= 11 is 0. The van der Waals surface area contributed by atoms with Gasteiger partial charge >= 0.3 is 0 Å². The Balaban J connectivity index is 2.43. The highest BCUT2D eigenvalue weighted by Gasteiger charge is 2.24. The van der Waals surface area contributed by atoms with Gasteiger partial charge in [0, 0.05) is 6.07 Å². The molecular weight excluding hydrogens is 368 g/mol. The van der Waals surface area contributed by atoms with Gasteiger partial charge in [-0.25, -0.2) is 0 Å². The molecule has 0 atom stereocenters. The molecule has 0 amide bonds. The molecule has 0 aliphatic rings. The van der Waals surface area contributed by atoms with Crippen LogP contribution in [0.25, 0.3) is 22.3 Å². The molecule has 0 fully saturated rings. The number of hydrogen-bond donors (Lipinski definition) is 1. The Labute approximate surface area is 160 Å². The zero-order valence-electron chi connectivity index (χ0n) is 16.1. The Kier molecular flexibility index (Phi) is 5.21. The number of ether oxygens (including phenoxy) is 5. The van der Waals surface area contributed by atoms with E-state index in [-0.39, 0.29) is 39.5 Å². The molecule has 1 heterocycles. The van der Waals surface area contributed by atoms with Crippen LogP contribution in [-0.4, -0.2) is 40.7 Å². The van der Waals surface area contributed by atoms with Gasteiger partial charge in [-0.3, -0.25) is 4.79 Å². The second-order valence-corrected chi connectivity index (χ2v) is 5.70. The van der Waals surface area contributed by atoms with Gasteiger partial charge in [-0.15, -0.1) is 0 Å². The quantitative estimate of drug-likeness (QED) is 0.688. The van der Waals surface area contributed by atoms with Crippen molar-refractivity contribution in [2.75, 3.05) is 35.5 Å². The van der Waals surface area contributed by atoms with Crippen molar-refractivity contribution in [1.29, 1.82) is 0 Å². The smallest absolute Gasteiger partial charge is 0.235 e. The zero-order valence-corrected chi connectivity index (χ0v) is 16.1. The van der Waals surface area contributed by atoms with Crippen molar-refractivity contribution in [1.82, 2.24) is 0 Å². The highest BCUT2D eigenvalue weighted by molar-refractivity contribution is 5.89. The zero-order chi connectivity index (χ0) is 20.4. The molecular formula is C20H20O8. The molecule has 8 nitrogen and oxygen atoms in total. The Hall–Kier alpha value is -3.55. The summed E-state index contributed by atoms with van der Waals surface area (Å²) in [5.41, 5.74) is -0.0657. The summed E-state index contributed by atoms with van der Waals surface area (Å²) in [5.74, 6) is 1.09. The molecule has 1 aromatic heterocycles. The van der Waals surface area contributed by atoms with Gasteiger partial charge in [-0.1, -0.05) is 0 Å². The molecule has 0 radical (unpaired) electrons. The van der Waals surface area contributed by atoms with E-state index in [1.54, 1.807) is 12.1 Å². The highest BCUT2D eigenvalue weighted by atomic mass is 16.5. The van der Waals surface area contributed by atoms with Gasteiger partial charge < -0.3 is 33.2 Å². The number of aromatic hydroxyl groups is 1. The van der Waals surface area contributed by atoms with Crippen LogP contribution in [0.15, 0.2) is 33.5 Å². The molecule has 28 heavy (non-hydrogen) atoms. The molecule has 0 aliphatic heterocycles. The lowest BCUT2D eigenvalue weighted by Gasteiger charge is -2.15. The summed E-state index contributed by atoms with van der Waals surface area (Å²) in [7, 11) is 7.17. The van der Waals surface area contributed by atoms with E-state index >= 15 is 0 Å². The minimum Gasteiger partial charge on any atom is -0.507 e. The molecule has 0 bridgehead atoms. The summed E-state index contributed by atoms with van der Waals surface area (Å²) in [6.45, 7) is 0. The van der Waals surface area contributed by atoms with Gasteiger partial charge in [0.1, 0.15) is 5.75 Å². The van der Waals surface area contributed by atoms with Crippen LogP contribution < -0.4 is 29.1 Å². The lowest BCUT2D eigenvalue weighted by atomic mass is 10.1. The number of benzene rings is 2. The summed E-state index contributed by atoms with van der Waals surface area (Å²) < 4.78 is 32.4. The molecule has 3 aromatic rings. The average molecular weight is 388 g/mol. The van der Waals surface area contributed by atoms with E-state index in [1.807, 2.05) is 0 Å². The van der Waals surface area contributed by atoms with Gasteiger partial charge in [0.25, 0.3) is 0 Å². The second-order valence-electron chi connectivity index (χ2n) is 5.70. The van der Waals surface area contributed by atoms with Crippen LogP contribution in [0.1, 0.15) is 0 Å². The van der Waals surface area contributed by atoms with Crippen LogP contribution in [0, 0.1) is 0 Å². The number of methoxy groups -OCH3 is 5. The van der Waals surface area contributed by atoms with Crippen LogP contribution in [0.5, 0.6) is 34.5 Å². The number of rotatable bonds is 6. The Morgan fingerprint density at radius 1 is 0.786 bits per heavy atom. The van der Waals surface area contributed by atoms with Crippen molar-refractivity contribution in [3.63, 3.8) is 0 Å². The van der Waals surface area contributed by atoms with Crippen LogP contribution in [0.4, 0.5) is 0 Å². The lowest BCUT2D eigenvalue weighted by molar-refractivity contribution is 0.349. The predicted octanol–water partition coefficient (Wildman–Crippen LogP) is 3.21. The third-order valence-corrected chi connectivity index (χ3v) is 4.31. The summed E-state index contributed by atoms with van der Waals surface area (Å²) in [5, 5.41) is 10.7. The minimum atomic E-state index is -0.422. The third-order valence-electron chi connectivity index (χ3n) is 4.31. The van der Waals surface area contributed by atoms with Gasteiger partial charge in [0.2, 0.25) is 16.9 Å². The highest BCUT2D eigenvalue weighted by Crippen LogP contribution is 2.44. The molecule has 0 spiro atoms. The molecule has 1 N–H and O–H groups in total. The number of phenols is 1. The fraction of sp³-hybridized carbons (Fsp3) is 0.250. The summed E-state index contributed by atoms with van der Waals surface area (Å²) in [6, 6.07) is 6.02. The van der Waals surface area contributed by atoms with Crippen LogP contribution in [-0.2, 0) is 0 Å². The minimum absolute atomic E-state index is 0.0185. The molecule has 8 heteroatoms. The van der Waals surface area contributed by atoms with Gasteiger partial charge in [0.15, 0.2) is 28.6 Å². The van der Waals surface area contributed by atoms with E-state index in [4.69, 9.17) is 28.1 Å². The first-order chi connectivity index (χ1) is 13.5. The second kappa shape index (κ2) is 7.59. The third kappa shape index (κ3) is 2.92. The molecule has 0 unspecified atom stereocenters. The van der Waals surface area contributed by atoms with E-state index in [1.165, 1.54) is 47.7 Å². The van der Waals surface area contributed by atoms with E-state index in [0.29, 0.717) is 17.2 Å². The van der Waals surface area contributed by atoms with Gasteiger partial charge in [0.05, 0.1) is 46.5 Å². The maximum absolute atomic E-state index is 13.0. The number of hydrogen-bond acceptors (Lipinski definition) is 8. The maximum atomic E-state index is 13.0. The number of phenolic OH excluding ortho intramolecular Hbond substituents is 1. The molecule has 0 aliphatic carbocycles. The first kappa shape index (κ1) is 19.2. The fourth-order valence-electron chi connectivity index (χ4n) is 2.97. The first-order valence-corrected chi connectivity index (χ1v) is 8.21. The normalized spacial score (nSPS) is 10.6. The fourth-order valence-corrected chi connectivity index (χ4v) is 2.97. The lowest BCUT2D eigenvalue weighted by Crippen LogP contribution is -2.08. The average Bonchev–Trinajstić information content (AvgIpc) is 2.72. The molecule has 0 saturated heterocycles. The molecule has 0 saturated carbocycles. The summed E-state index contributed by atoms with van der Waals surface area (Å²) in [6.07, 6.45) is 0. The SMILES string of the molecule is COc1cc(O)c(-c2oc3c(OC)c(OC)ccc3c(=O)c2OC)cc1OC. The van der Waals surface area contributed by atoms with Crippen LogP contribution in [0.2, 0.25) is 0 Å². The summed E-state index contributed by atoms with van der Waals surface area (Å²) in [4.78, 5) is 13.0. The van der Waals surface area contributed by atoms with E-state index in [0.717, 1.165) is 0 Å².